The summed E-state index contributed by atoms with van der Waals surface area (Å²) in [6.45, 7) is 7.85. The lowest BCUT2D eigenvalue weighted by Crippen LogP contribution is -2.45. The highest BCUT2D eigenvalue weighted by molar-refractivity contribution is 5.81. The summed E-state index contributed by atoms with van der Waals surface area (Å²) < 4.78 is 16.8. The van der Waals surface area contributed by atoms with Gasteiger partial charge in [-0.15, -0.1) is 0 Å². The first kappa shape index (κ1) is 17.8. The van der Waals surface area contributed by atoms with Crippen LogP contribution in [0, 0.1) is 0 Å². The van der Waals surface area contributed by atoms with Crippen LogP contribution in [-0.2, 0) is 4.74 Å². The van der Waals surface area contributed by atoms with Crippen molar-refractivity contribution in [3.8, 4) is 11.5 Å². The minimum Gasteiger partial charge on any atom is -0.493 e. The first-order valence-corrected chi connectivity index (χ1v) is 8.26. The van der Waals surface area contributed by atoms with Gasteiger partial charge in [-0.25, -0.2) is 0 Å². The van der Waals surface area contributed by atoms with Crippen molar-refractivity contribution in [3.63, 3.8) is 0 Å². The highest BCUT2D eigenvalue weighted by Gasteiger charge is 2.21. The van der Waals surface area contributed by atoms with Crippen molar-refractivity contribution >= 4 is 6.29 Å². The molecule has 128 valence electrons. The number of unbranched alkanes of at least 4 members (excludes halogenated alkanes) is 1. The van der Waals surface area contributed by atoms with Gasteiger partial charge >= 0.3 is 0 Å². The van der Waals surface area contributed by atoms with Crippen LogP contribution in [-0.4, -0.2) is 56.7 Å². The number of morpholine rings is 1. The van der Waals surface area contributed by atoms with Gasteiger partial charge in [-0.1, -0.05) is 6.07 Å². The summed E-state index contributed by atoms with van der Waals surface area (Å²) in [7, 11) is 1.58. The lowest BCUT2D eigenvalue weighted by molar-refractivity contribution is -0.0682. The summed E-state index contributed by atoms with van der Waals surface area (Å²) in [6.07, 6.45) is 3.41. The van der Waals surface area contributed by atoms with Gasteiger partial charge in [-0.3, -0.25) is 9.69 Å². The van der Waals surface area contributed by atoms with Crippen molar-refractivity contribution in [2.75, 3.05) is 33.4 Å². The lowest BCUT2D eigenvalue weighted by Gasteiger charge is -2.35. The van der Waals surface area contributed by atoms with Gasteiger partial charge in [0.1, 0.15) is 0 Å². The Morgan fingerprint density at radius 3 is 2.65 bits per heavy atom. The van der Waals surface area contributed by atoms with Crippen LogP contribution in [0.3, 0.4) is 0 Å². The molecule has 2 atom stereocenters. The van der Waals surface area contributed by atoms with E-state index in [2.05, 4.69) is 18.7 Å². The number of hydrogen-bond donors (Lipinski definition) is 0. The number of carbonyl (C=O) groups is 1. The number of carbonyl (C=O) groups excluding carboxylic acids is 1. The highest BCUT2D eigenvalue weighted by atomic mass is 16.5. The first-order chi connectivity index (χ1) is 11.1. The van der Waals surface area contributed by atoms with E-state index in [-0.39, 0.29) is 0 Å². The number of aldehydes is 1. The van der Waals surface area contributed by atoms with E-state index in [4.69, 9.17) is 14.2 Å². The van der Waals surface area contributed by atoms with E-state index in [1.54, 1.807) is 25.3 Å². The summed E-state index contributed by atoms with van der Waals surface area (Å²) in [5.41, 5.74) is 0.528. The van der Waals surface area contributed by atoms with E-state index >= 15 is 0 Å². The lowest BCUT2D eigenvalue weighted by atomic mass is 10.2. The molecule has 1 aromatic carbocycles. The summed E-state index contributed by atoms with van der Waals surface area (Å²) in [5.74, 6) is 1.14. The van der Waals surface area contributed by atoms with E-state index in [1.165, 1.54) is 0 Å². The number of benzene rings is 1. The molecule has 5 nitrogen and oxygen atoms in total. The SMILES string of the molecule is COc1cccc(C=O)c1OCCCCN1CC(C)OC(C)C1. The van der Waals surface area contributed by atoms with Crippen molar-refractivity contribution in [1.29, 1.82) is 0 Å². The normalized spacial score (nSPS) is 21.9. The van der Waals surface area contributed by atoms with E-state index in [1.807, 2.05) is 0 Å². The molecule has 1 aromatic rings. The number of rotatable bonds is 8. The maximum absolute atomic E-state index is 11.1. The zero-order chi connectivity index (χ0) is 16.7. The average Bonchev–Trinajstić information content (AvgIpc) is 2.53. The summed E-state index contributed by atoms with van der Waals surface area (Å²) in [4.78, 5) is 13.5. The molecule has 5 heteroatoms. The molecule has 1 heterocycles. The molecule has 1 aliphatic heterocycles. The van der Waals surface area contributed by atoms with Crippen molar-refractivity contribution < 1.29 is 19.0 Å². The van der Waals surface area contributed by atoms with Crippen LogP contribution in [0.4, 0.5) is 0 Å². The molecular weight excluding hydrogens is 294 g/mol. The Kier molecular flexibility index (Phi) is 6.86. The molecule has 0 saturated carbocycles. The van der Waals surface area contributed by atoms with Crippen LogP contribution in [0.15, 0.2) is 18.2 Å². The maximum atomic E-state index is 11.1. The zero-order valence-corrected chi connectivity index (χ0v) is 14.3. The fourth-order valence-corrected chi connectivity index (χ4v) is 3.02. The van der Waals surface area contributed by atoms with Crippen LogP contribution in [0.25, 0.3) is 0 Å². The first-order valence-electron chi connectivity index (χ1n) is 8.26. The Hall–Kier alpha value is -1.59. The third-order valence-corrected chi connectivity index (χ3v) is 3.97. The molecule has 2 unspecified atom stereocenters. The quantitative estimate of drug-likeness (QED) is 0.544. The van der Waals surface area contributed by atoms with Gasteiger partial charge in [0, 0.05) is 13.1 Å². The van der Waals surface area contributed by atoms with Crippen LogP contribution < -0.4 is 9.47 Å². The second-order valence-corrected chi connectivity index (χ2v) is 6.07. The molecule has 1 saturated heterocycles. The Balaban J connectivity index is 1.74. The van der Waals surface area contributed by atoms with Gasteiger partial charge in [0.25, 0.3) is 0 Å². The maximum Gasteiger partial charge on any atom is 0.171 e. The molecule has 0 spiro atoms. The van der Waals surface area contributed by atoms with Crippen LogP contribution in [0.2, 0.25) is 0 Å². The van der Waals surface area contributed by atoms with Crippen molar-refractivity contribution in [1.82, 2.24) is 4.90 Å². The Bertz CT molecular complexity index is 496. The molecule has 0 aliphatic carbocycles. The van der Waals surface area contributed by atoms with Gasteiger partial charge in [-0.05, 0) is 45.4 Å². The van der Waals surface area contributed by atoms with Crippen LogP contribution >= 0.6 is 0 Å². The Morgan fingerprint density at radius 1 is 1.26 bits per heavy atom. The molecule has 2 rings (SSSR count). The second-order valence-electron chi connectivity index (χ2n) is 6.07. The van der Waals surface area contributed by atoms with Gasteiger partial charge < -0.3 is 14.2 Å². The fourth-order valence-electron chi connectivity index (χ4n) is 3.02. The van der Waals surface area contributed by atoms with E-state index < -0.39 is 0 Å². The van der Waals surface area contributed by atoms with Crippen molar-refractivity contribution in [2.24, 2.45) is 0 Å². The third-order valence-electron chi connectivity index (χ3n) is 3.97. The topological polar surface area (TPSA) is 48.0 Å². The number of para-hydroxylation sites is 1. The largest absolute Gasteiger partial charge is 0.493 e. The Labute approximate surface area is 138 Å². The predicted octanol–water partition coefficient (Wildman–Crippen LogP) is 2.78. The molecule has 23 heavy (non-hydrogen) atoms. The molecule has 1 aliphatic rings. The van der Waals surface area contributed by atoms with Gasteiger partial charge in [0.05, 0.1) is 31.5 Å². The summed E-state index contributed by atoms with van der Waals surface area (Å²) >= 11 is 0. The molecule has 0 bridgehead atoms. The zero-order valence-electron chi connectivity index (χ0n) is 14.3. The molecule has 0 aromatic heterocycles. The predicted molar refractivity (Wildman–Crippen MR) is 89.6 cm³/mol. The highest BCUT2D eigenvalue weighted by Crippen LogP contribution is 2.30. The van der Waals surface area contributed by atoms with Crippen LogP contribution in [0.5, 0.6) is 11.5 Å². The molecule has 0 N–H and O–H groups in total. The van der Waals surface area contributed by atoms with Crippen molar-refractivity contribution in [2.45, 2.75) is 38.9 Å². The van der Waals surface area contributed by atoms with Crippen LogP contribution in [0.1, 0.15) is 37.0 Å². The van der Waals surface area contributed by atoms with Crippen molar-refractivity contribution in [3.05, 3.63) is 23.8 Å². The molecule has 0 amide bonds. The monoisotopic (exact) mass is 321 g/mol. The number of ether oxygens (including phenoxy) is 3. The minimum atomic E-state index is 0.304. The molecular formula is C18H27NO4. The van der Waals surface area contributed by atoms with Gasteiger partial charge in [0.15, 0.2) is 17.8 Å². The van der Waals surface area contributed by atoms with E-state index in [0.717, 1.165) is 38.8 Å². The minimum absolute atomic E-state index is 0.304. The number of hydrogen-bond acceptors (Lipinski definition) is 5. The summed E-state index contributed by atoms with van der Waals surface area (Å²) in [6, 6.07) is 5.33. The molecule has 0 radical (unpaired) electrons. The fraction of sp³-hybridized carbons (Fsp3) is 0.611. The van der Waals surface area contributed by atoms with Gasteiger partial charge in [0.2, 0.25) is 0 Å². The molecule has 1 fully saturated rings. The standard InChI is InChI=1S/C18H27NO4/c1-14-11-19(12-15(2)23-14)9-4-5-10-22-18-16(13-20)7-6-8-17(18)21-3/h6-8,13-15H,4-5,9-12H2,1-3H3. The second kappa shape index (κ2) is 8.89. The van der Waals surface area contributed by atoms with Gasteiger partial charge in [-0.2, -0.15) is 0 Å². The van der Waals surface area contributed by atoms with E-state index in [9.17, 15) is 4.79 Å². The third kappa shape index (κ3) is 5.22. The average molecular weight is 321 g/mol. The number of nitrogens with zero attached hydrogens (tertiary/aromatic N) is 1. The Morgan fingerprint density at radius 2 is 2.00 bits per heavy atom. The smallest absolute Gasteiger partial charge is 0.171 e. The number of methoxy groups -OCH3 is 1. The summed E-state index contributed by atoms with van der Waals surface area (Å²) in [5, 5.41) is 0. The van der Waals surface area contributed by atoms with E-state index in [0.29, 0.717) is 35.9 Å².